The number of carboxylic acids is 1. The lowest BCUT2D eigenvalue weighted by Gasteiger charge is -2.18. The molecule has 4 rings (SSSR count). The Morgan fingerprint density at radius 1 is 1.00 bits per heavy atom. The number of hydrogen-bond acceptors (Lipinski definition) is 4. The molecule has 0 saturated carbocycles. The molecule has 3 aromatic carbocycles. The van der Waals surface area contributed by atoms with E-state index in [1.54, 1.807) is 54.6 Å². The van der Waals surface area contributed by atoms with Crippen molar-refractivity contribution in [3.63, 3.8) is 0 Å². The van der Waals surface area contributed by atoms with Crippen LogP contribution in [0.4, 0.5) is 13.2 Å². The lowest BCUT2D eigenvalue weighted by atomic mass is 10.1. The third-order valence-corrected chi connectivity index (χ3v) is 4.40. The van der Waals surface area contributed by atoms with Gasteiger partial charge in [0.15, 0.2) is 5.58 Å². The number of benzene rings is 3. The van der Waals surface area contributed by atoms with E-state index < -0.39 is 23.8 Å². The average Bonchev–Trinajstić information content (AvgIpc) is 3.15. The second kappa shape index (κ2) is 7.55. The quantitative estimate of drug-likeness (QED) is 0.453. The Labute approximate surface area is 168 Å². The lowest BCUT2D eigenvalue weighted by molar-refractivity contribution is -0.145. The fourth-order valence-electron chi connectivity index (χ4n) is 2.98. The number of rotatable bonds is 5. The molecule has 0 radical (unpaired) electrons. The molecule has 0 aliphatic heterocycles. The van der Waals surface area contributed by atoms with Crippen LogP contribution in [0.1, 0.15) is 17.2 Å². The number of alkyl halides is 3. The topological polar surface area (TPSA) is 72.6 Å². The number of hydrogen-bond donors (Lipinski definition) is 1. The largest absolute Gasteiger partial charge is 0.478 e. The van der Waals surface area contributed by atoms with E-state index in [0.717, 1.165) is 18.2 Å². The number of nitrogens with zero attached hydrogens (tertiary/aromatic N) is 1. The molecular weight excluding hydrogens is 399 g/mol. The molecule has 0 aliphatic rings. The minimum atomic E-state index is -4.61. The third-order valence-electron chi connectivity index (χ3n) is 4.40. The zero-order valence-electron chi connectivity index (χ0n) is 15.3. The van der Waals surface area contributed by atoms with Crippen LogP contribution >= 0.6 is 0 Å². The lowest BCUT2D eigenvalue weighted by Crippen LogP contribution is -2.18. The van der Waals surface area contributed by atoms with Crippen molar-refractivity contribution >= 4 is 17.1 Å². The molecule has 30 heavy (non-hydrogen) atoms. The van der Waals surface area contributed by atoms with E-state index in [0.29, 0.717) is 16.7 Å². The fourth-order valence-corrected chi connectivity index (χ4v) is 2.98. The Balaban J connectivity index is 1.83. The number of fused-ring (bicyclic) bond motifs is 1. The highest BCUT2D eigenvalue weighted by molar-refractivity contribution is 5.79. The summed E-state index contributed by atoms with van der Waals surface area (Å²) in [5.74, 6) is -1.48. The maximum absolute atomic E-state index is 13.3. The van der Waals surface area contributed by atoms with Crippen molar-refractivity contribution in [1.29, 1.82) is 0 Å². The van der Waals surface area contributed by atoms with Gasteiger partial charge < -0.3 is 14.3 Å². The summed E-state index contributed by atoms with van der Waals surface area (Å²) < 4.78 is 51.1. The van der Waals surface area contributed by atoms with Crippen molar-refractivity contribution in [2.75, 3.05) is 0 Å². The minimum absolute atomic E-state index is 0.0918. The SMILES string of the molecule is O=C(O)[C@H](Oc1ccc(C(F)(F)F)cc1-c1nc2ccccc2o1)c1ccccc1. The summed E-state index contributed by atoms with van der Waals surface area (Å²) >= 11 is 0. The van der Waals surface area contributed by atoms with Crippen LogP contribution < -0.4 is 4.74 Å². The Kier molecular flexibility index (Phi) is 4.91. The number of oxazole rings is 1. The molecule has 1 N–H and O–H groups in total. The van der Waals surface area contributed by atoms with Gasteiger partial charge in [-0.3, -0.25) is 0 Å². The number of aromatic nitrogens is 1. The van der Waals surface area contributed by atoms with Gasteiger partial charge in [0.1, 0.15) is 11.3 Å². The van der Waals surface area contributed by atoms with Crippen LogP contribution in [0.2, 0.25) is 0 Å². The number of halogens is 3. The normalized spacial score (nSPS) is 12.6. The molecule has 0 spiro atoms. The zero-order valence-corrected chi connectivity index (χ0v) is 15.3. The number of carbonyl (C=O) groups is 1. The van der Waals surface area contributed by atoms with Crippen LogP contribution in [0.15, 0.2) is 77.2 Å². The van der Waals surface area contributed by atoms with Crippen LogP contribution in [-0.4, -0.2) is 16.1 Å². The molecule has 0 saturated heterocycles. The summed E-state index contributed by atoms with van der Waals surface area (Å²) in [6, 6.07) is 17.6. The first-order valence-corrected chi connectivity index (χ1v) is 8.84. The third kappa shape index (κ3) is 3.84. The van der Waals surface area contributed by atoms with Crippen molar-refractivity contribution in [2.24, 2.45) is 0 Å². The first kappa shape index (κ1) is 19.5. The highest BCUT2D eigenvalue weighted by Gasteiger charge is 2.33. The summed E-state index contributed by atoms with van der Waals surface area (Å²) in [5.41, 5.74) is 0.151. The molecule has 1 atom stereocenters. The molecule has 0 aliphatic carbocycles. The summed E-state index contributed by atoms with van der Waals surface area (Å²) in [4.78, 5) is 16.0. The van der Waals surface area contributed by atoms with Gasteiger partial charge in [-0.1, -0.05) is 42.5 Å². The van der Waals surface area contributed by atoms with Crippen LogP contribution in [0.25, 0.3) is 22.6 Å². The fraction of sp³-hybridized carbons (Fsp3) is 0.0909. The molecule has 1 heterocycles. The van der Waals surface area contributed by atoms with Crippen LogP contribution in [0.5, 0.6) is 5.75 Å². The highest BCUT2D eigenvalue weighted by Crippen LogP contribution is 2.39. The van der Waals surface area contributed by atoms with Crippen molar-refractivity contribution in [2.45, 2.75) is 12.3 Å². The Hall–Kier alpha value is -3.81. The molecule has 5 nitrogen and oxygen atoms in total. The van der Waals surface area contributed by atoms with Crippen LogP contribution in [0.3, 0.4) is 0 Å². The standard InChI is InChI=1S/C22H14F3NO4/c23-22(24,25)14-10-11-17(29-19(21(27)28)13-6-2-1-3-7-13)15(12-14)20-26-16-8-4-5-9-18(16)30-20/h1-12,19H,(H,27,28)/t19-/m1/s1. The summed E-state index contributed by atoms with van der Waals surface area (Å²) in [5, 5.41) is 9.60. The van der Waals surface area contributed by atoms with Crippen molar-refractivity contribution in [1.82, 2.24) is 4.98 Å². The first-order chi connectivity index (χ1) is 14.3. The predicted molar refractivity (Wildman–Crippen MR) is 102 cm³/mol. The van der Waals surface area contributed by atoms with Crippen LogP contribution in [0, 0.1) is 0 Å². The summed E-state index contributed by atoms with van der Waals surface area (Å²) in [6.07, 6.45) is -6.03. The van der Waals surface area contributed by atoms with E-state index in [-0.39, 0.29) is 17.2 Å². The van der Waals surface area contributed by atoms with Gasteiger partial charge in [0.05, 0.1) is 11.1 Å². The molecule has 8 heteroatoms. The van der Waals surface area contributed by atoms with Gasteiger partial charge in [-0.25, -0.2) is 9.78 Å². The van der Waals surface area contributed by atoms with Gasteiger partial charge in [-0.05, 0) is 30.3 Å². The van der Waals surface area contributed by atoms with Gasteiger partial charge in [0.25, 0.3) is 0 Å². The average molecular weight is 413 g/mol. The van der Waals surface area contributed by atoms with E-state index in [9.17, 15) is 23.1 Å². The first-order valence-electron chi connectivity index (χ1n) is 8.84. The number of carboxylic acid groups (broad SMARTS) is 1. The van der Waals surface area contributed by atoms with Gasteiger partial charge in [0, 0.05) is 5.56 Å². The van der Waals surface area contributed by atoms with Crippen molar-refractivity contribution in [3.05, 3.63) is 83.9 Å². The second-order valence-corrected chi connectivity index (χ2v) is 6.44. The predicted octanol–water partition coefficient (Wildman–Crippen LogP) is 5.72. The molecule has 0 amide bonds. The maximum atomic E-state index is 13.3. The van der Waals surface area contributed by atoms with E-state index in [2.05, 4.69) is 4.98 Å². The molecule has 0 unspecified atom stereocenters. The van der Waals surface area contributed by atoms with Gasteiger partial charge in [-0.2, -0.15) is 13.2 Å². The number of ether oxygens (including phenoxy) is 1. The van der Waals surface area contributed by atoms with Crippen LogP contribution in [-0.2, 0) is 11.0 Å². The van der Waals surface area contributed by atoms with Crippen molar-refractivity contribution in [3.8, 4) is 17.2 Å². The molecule has 1 aromatic heterocycles. The molecular formula is C22H14F3NO4. The monoisotopic (exact) mass is 413 g/mol. The van der Waals surface area contributed by atoms with E-state index >= 15 is 0 Å². The Morgan fingerprint density at radius 3 is 2.37 bits per heavy atom. The number of para-hydroxylation sites is 2. The zero-order chi connectivity index (χ0) is 21.3. The summed E-state index contributed by atoms with van der Waals surface area (Å²) in [6.45, 7) is 0. The molecule has 0 fully saturated rings. The highest BCUT2D eigenvalue weighted by atomic mass is 19.4. The Morgan fingerprint density at radius 2 is 1.70 bits per heavy atom. The van der Waals surface area contributed by atoms with E-state index in [1.807, 2.05) is 0 Å². The van der Waals surface area contributed by atoms with Crippen molar-refractivity contribution < 1.29 is 32.2 Å². The molecule has 0 bridgehead atoms. The van der Waals surface area contributed by atoms with Gasteiger partial charge in [0.2, 0.25) is 12.0 Å². The van der Waals surface area contributed by atoms with E-state index in [4.69, 9.17) is 9.15 Å². The molecule has 152 valence electrons. The summed E-state index contributed by atoms with van der Waals surface area (Å²) in [7, 11) is 0. The second-order valence-electron chi connectivity index (χ2n) is 6.44. The van der Waals surface area contributed by atoms with Gasteiger partial charge >= 0.3 is 12.1 Å². The van der Waals surface area contributed by atoms with E-state index in [1.165, 1.54) is 0 Å². The Bertz CT molecular complexity index is 1170. The number of aliphatic carboxylic acids is 1. The molecule has 4 aromatic rings. The smallest absolute Gasteiger partial charge is 0.416 e. The minimum Gasteiger partial charge on any atom is -0.478 e. The maximum Gasteiger partial charge on any atom is 0.416 e. The van der Waals surface area contributed by atoms with Gasteiger partial charge in [-0.15, -0.1) is 0 Å².